The third-order valence-corrected chi connectivity index (χ3v) is 5.51. The zero-order valence-corrected chi connectivity index (χ0v) is 15.5. The molecule has 5 nitrogen and oxygen atoms in total. The summed E-state index contributed by atoms with van der Waals surface area (Å²) in [4.78, 5) is 29.0. The molecule has 0 saturated carbocycles. The van der Waals surface area contributed by atoms with Gasteiger partial charge < -0.3 is 14.5 Å². The quantitative estimate of drug-likeness (QED) is 0.809. The summed E-state index contributed by atoms with van der Waals surface area (Å²) in [6.07, 6.45) is 1.87. The molecule has 2 saturated heterocycles. The highest BCUT2D eigenvalue weighted by molar-refractivity contribution is 5.89. The Morgan fingerprint density at radius 3 is 2.58 bits per heavy atom. The Morgan fingerprint density at radius 2 is 1.92 bits per heavy atom. The summed E-state index contributed by atoms with van der Waals surface area (Å²) >= 11 is 0. The number of rotatable bonds is 5. The molecule has 2 unspecified atom stereocenters. The number of morpholine rings is 1. The minimum Gasteiger partial charge on any atom is -0.370 e. The van der Waals surface area contributed by atoms with Gasteiger partial charge in [0.1, 0.15) is 11.9 Å². The highest BCUT2D eigenvalue weighted by Crippen LogP contribution is 2.28. The Kier molecular flexibility index (Phi) is 5.91. The lowest BCUT2D eigenvalue weighted by molar-refractivity contribution is -0.143. The van der Waals surface area contributed by atoms with E-state index in [9.17, 15) is 14.0 Å². The number of hydrogen-bond donors (Lipinski definition) is 0. The number of halogens is 1. The van der Waals surface area contributed by atoms with E-state index >= 15 is 0 Å². The first-order chi connectivity index (χ1) is 12.5. The van der Waals surface area contributed by atoms with E-state index in [1.165, 1.54) is 12.1 Å². The van der Waals surface area contributed by atoms with Gasteiger partial charge in [0.15, 0.2) is 0 Å². The van der Waals surface area contributed by atoms with E-state index in [-0.39, 0.29) is 35.7 Å². The van der Waals surface area contributed by atoms with Gasteiger partial charge in [-0.25, -0.2) is 4.39 Å². The molecule has 3 rings (SSSR count). The highest BCUT2D eigenvalue weighted by Gasteiger charge is 2.39. The van der Waals surface area contributed by atoms with Crippen molar-refractivity contribution in [2.45, 2.75) is 45.3 Å². The topological polar surface area (TPSA) is 49.9 Å². The van der Waals surface area contributed by atoms with E-state index in [1.54, 1.807) is 17.0 Å². The average Bonchev–Trinajstić information content (AvgIpc) is 3.04. The number of carbonyl (C=O) groups excluding carboxylic acids is 2. The lowest BCUT2D eigenvalue weighted by Gasteiger charge is -2.34. The molecule has 26 heavy (non-hydrogen) atoms. The number of likely N-dealkylation sites (tertiary alicyclic amines) is 1. The van der Waals surface area contributed by atoms with E-state index in [0.29, 0.717) is 32.7 Å². The highest BCUT2D eigenvalue weighted by atomic mass is 19.1. The second kappa shape index (κ2) is 8.16. The van der Waals surface area contributed by atoms with Crippen LogP contribution in [0.2, 0.25) is 0 Å². The molecule has 1 aromatic rings. The molecule has 6 heteroatoms. The second-order valence-corrected chi connectivity index (χ2v) is 7.11. The normalized spacial score (nSPS) is 23.8. The Bertz CT molecular complexity index is 645. The largest absolute Gasteiger partial charge is 0.370 e. The Labute approximate surface area is 154 Å². The number of benzene rings is 1. The van der Waals surface area contributed by atoms with Crippen molar-refractivity contribution in [3.63, 3.8) is 0 Å². The monoisotopic (exact) mass is 362 g/mol. The maximum Gasteiger partial charge on any atom is 0.228 e. The summed E-state index contributed by atoms with van der Waals surface area (Å²) in [5.41, 5.74) is 0.866. The smallest absolute Gasteiger partial charge is 0.228 e. The molecule has 2 aliphatic rings. The summed E-state index contributed by atoms with van der Waals surface area (Å²) in [6.45, 7) is 6.09. The SMILES string of the molecule is CCC(CC)N1CC(C(=O)N2CCOC(c3ccc(F)cc3)C2)CC1=O. The molecular weight excluding hydrogens is 335 g/mol. The molecule has 0 aromatic heterocycles. The molecule has 2 amide bonds. The van der Waals surface area contributed by atoms with Crippen LogP contribution in [0.3, 0.4) is 0 Å². The van der Waals surface area contributed by atoms with Gasteiger partial charge in [-0.15, -0.1) is 0 Å². The van der Waals surface area contributed by atoms with Gasteiger partial charge in [0, 0.05) is 25.6 Å². The molecule has 2 aliphatic heterocycles. The molecule has 0 bridgehead atoms. The van der Waals surface area contributed by atoms with Crippen LogP contribution in [0.4, 0.5) is 4.39 Å². The summed E-state index contributed by atoms with van der Waals surface area (Å²) < 4.78 is 18.9. The van der Waals surface area contributed by atoms with Crippen molar-refractivity contribution in [1.82, 2.24) is 9.80 Å². The van der Waals surface area contributed by atoms with Gasteiger partial charge in [-0.3, -0.25) is 9.59 Å². The number of nitrogens with zero attached hydrogens (tertiary/aromatic N) is 2. The summed E-state index contributed by atoms with van der Waals surface area (Å²) in [5.74, 6) is -0.443. The van der Waals surface area contributed by atoms with Gasteiger partial charge in [0.2, 0.25) is 11.8 Å². The molecule has 0 N–H and O–H groups in total. The molecule has 0 aliphatic carbocycles. The van der Waals surface area contributed by atoms with Gasteiger partial charge >= 0.3 is 0 Å². The van der Waals surface area contributed by atoms with E-state index in [4.69, 9.17) is 4.74 Å². The summed E-state index contributed by atoms with van der Waals surface area (Å²) in [7, 11) is 0. The van der Waals surface area contributed by atoms with Gasteiger partial charge in [-0.2, -0.15) is 0 Å². The van der Waals surface area contributed by atoms with Crippen molar-refractivity contribution >= 4 is 11.8 Å². The average molecular weight is 362 g/mol. The van der Waals surface area contributed by atoms with Crippen molar-refractivity contribution in [3.8, 4) is 0 Å². The van der Waals surface area contributed by atoms with Gasteiger partial charge in [-0.1, -0.05) is 26.0 Å². The molecule has 2 atom stereocenters. The molecule has 2 heterocycles. The Morgan fingerprint density at radius 1 is 1.23 bits per heavy atom. The number of amides is 2. The number of ether oxygens (including phenoxy) is 1. The van der Waals surface area contributed by atoms with Crippen LogP contribution >= 0.6 is 0 Å². The predicted octanol–water partition coefficient (Wildman–Crippen LogP) is 2.76. The molecule has 1 aromatic carbocycles. The second-order valence-electron chi connectivity index (χ2n) is 7.11. The third-order valence-electron chi connectivity index (χ3n) is 5.51. The zero-order chi connectivity index (χ0) is 18.7. The summed E-state index contributed by atoms with van der Waals surface area (Å²) in [5, 5.41) is 0. The standard InChI is InChI=1S/C20H27FN2O3/c1-3-17(4-2)23-12-15(11-19(23)24)20(25)22-9-10-26-18(13-22)14-5-7-16(21)8-6-14/h5-8,15,17-18H,3-4,9-13H2,1-2H3. The van der Waals surface area contributed by atoms with Crippen molar-refractivity contribution < 1.29 is 18.7 Å². The van der Waals surface area contributed by atoms with Crippen LogP contribution in [0.25, 0.3) is 0 Å². The third kappa shape index (κ3) is 3.90. The first-order valence-electron chi connectivity index (χ1n) is 9.48. The first-order valence-corrected chi connectivity index (χ1v) is 9.48. The van der Waals surface area contributed by atoms with Crippen molar-refractivity contribution in [2.24, 2.45) is 5.92 Å². The fourth-order valence-corrected chi connectivity index (χ4v) is 3.97. The van der Waals surface area contributed by atoms with E-state index in [1.807, 2.05) is 4.90 Å². The summed E-state index contributed by atoms with van der Waals surface area (Å²) in [6, 6.07) is 6.42. The van der Waals surface area contributed by atoms with E-state index < -0.39 is 0 Å². The molecule has 2 fully saturated rings. The number of carbonyl (C=O) groups is 2. The van der Waals surface area contributed by atoms with Crippen LogP contribution in [0.15, 0.2) is 24.3 Å². The van der Waals surface area contributed by atoms with Crippen molar-refractivity contribution in [2.75, 3.05) is 26.2 Å². The maximum absolute atomic E-state index is 13.1. The van der Waals surface area contributed by atoms with Crippen LogP contribution in [-0.2, 0) is 14.3 Å². The molecule has 0 radical (unpaired) electrons. The fourth-order valence-electron chi connectivity index (χ4n) is 3.97. The van der Waals surface area contributed by atoms with Crippen molar-refractivity contribution in [3.05, 3.63) is 35.6 Å². The first kappa shape index (κ1) is 18.8. The van der Waals surface area contributed by atoms with Crippen LogP contribution in [-0.4, -0.2) is 53.9 Å². The lowest BCUT2D eigenvalue weighted by atomic mass is 10.0. The van der Waals surface area contributed by atoms with Crippen LogP contribution in [0.1, 0.15) is 44.8 Å². The minimum absolute atomic E-state index is 0.0298. The van der Waals surface area contributed by atoms with Crippen molar-refractivity contribution in [1.29, 1.82) is 0 Å². The van der Waals surface area contributed by atoms with E-state index in [0.717, 1.165) is 18.4 Å². The Hall–Kier alpha value is -1.95. The van der Waals surface area contributed by atoms with Crippen LogP contribution < -0.4 is 0 Å². The van der Waals surface area contributed by atoms with Gasteiger partial charge in [0.25, 0.3) is 0 Å². The Balaban J connectivity index is 1.64. The van der Waals surface area contributed by atoms with Gasteiger partial charge in [0.05, 0.1) is 19.1 Å². The lowest BCUT2D eigenvalue weighted by Crippen LogP contribution is -2.45. The minimum atomic E-state index is -0.288. The van der Waals surface area contributed by atoms with Gasteiger partial charge in [-0.05, 0) is 30.5 Å². The van der Waals surface area contributed by atoms with Crippen LogP contribution in [0, 0.1) is 11.7 Å². The maximum atomic E-state index is 13.1. The molecular formula is C20H27FN2O3. The predicted molar refractivity (Wildman–Crippen MR) is 95.9 cm³/mol. The fraction of sp³-hybridized carbons (Fsp3) is 0.600. The molecule has 0 spiro atoms. The van der Waals surface area contributed by atoms with Crippen LogP contribution in [0.5, 0.6) is 0 Å². The zero-order valence-electron chi connectivity index (χ0n) is 15.5. The number of hydrogen-bond acceptors (Lipinski definition) is 3. The molecule has 142 valence electrons. The van der Waals surface area contributed by atoms with E-state index in [2.05, 4.69) is 13.8 Å².